The number of benzene rings is 1. The Kier molecular flexibility index (Phi) is 4.27. The van der Waals surface area contributed by atoms with E-state index in [2.05, 4.69) is 20.4 Å². The van der Waals surface area contributed by atoms with Gasteiger partial charge in [-0.15, -0.1) is 11.3 Å². The van der Waals surface area contributed by atoms with E-state index < -0.39 is 0 Å². The number of hydrogen-bond donors (Lipinski definition) is 1. The van der Waals surface area contributed by atoms with Crippen molar-refractivity contribution in [3.05, 3.63) is 52.6 Å². The van der Waals surface area contributed by atoms with E-state index in [1.165, 1.54) is 29.8 Å². The smallest absolute Gasteiger partial charge is 0.225 e. The minimum absolute atomic E-state index is 0.0136. The summed E-state index contributed by atoms with van der Waals surface area (Å²) in [6, 6.07) is 6.23. The molecule has 0 aliphatic carbocycles. The molecule has 1 aromatic carbocycles. The fourth-order valence-corrected chi connectivity index (χ4v) is 3.65. The quantitative estimate of drug-likeness (QED) is 0.778. The Morgan fingerprint density at radius 2 is 2.20 bits per heavy atom. The van der Waals surface area contributed by atoms with Crippen LogP contribution in [0.5, 0.6) is 0 Å². The molecule has 1 amide bonds. The maximum absolute atomic E-state index is 13.0. The lowest BCUT2D eigenvalue weighted by Gasteiger charge is -2.21. The van der Waals surface area contributed by atoms with Gasteiger partial charge in [0.05, 0.1) is 24.7 Å². The molecule has 128 valence electrons. The zero-order chi connectivity index (χ0) is 17.2. The Morgan fingerprint density at radius 1 is 1.36 bits per heavy atom. The summed E-state index contributed by atoms with van der Waals surface area (Å²) >= 11 is 1.48. The van der Waals surface area contributed by atoms with Gasteiger partial charge in [0.25, 0.3) is 0 Å². The molecule has 1 atom stereocenters. The maximum atomic E-state index is 13.0. The fraction of sp³-hybridized carbons (Fsp3) is 0.294. The minimum atomic E-state index is -0.269. The third kappa shape index (κ3) is 3.43. The summed E-state index contributed by atoms with van der Waals surface area (Å²) in [5, 5.41) is 9.83. The summed E-state index contributed by atoms with van der Waals surface area (Å²) in [4.78, 5) is 21.1. The Hall–Kier alpha value is -2.61. The zero-order valence-corrected chi connectivity index (χ0v) is 14.2. The van der Waals surface area contributed by atoms with E-state index in [1.807, 2.05) is 5.38 Å². The van der Waals surface area contributed by atoms with E-state index in [4.69, 9.17) is 0 Å². The van der Waals surface area contributed by atoms with Gasteiger partial charge in [-0.3, -0.25) is 4.79 Å². The van der Waals surface area contributed by atoms with Crippen molar-refractivity contribution in [3.8, 4) is 11.3 Å². The number of fused-ring (bicyclic) bond motifs is 1. The molecule has 0 bridgehead atoms. The number of carbonyl (C=O) groups excluding carboxylic acids is 1. The highest BCUT2D eigenvalue weighted by molar-refractivity contribution is 7.09. The van der Waals surface area contributed by atoms with Crippen molar-refractivity contribution in [2.45, 2.75) is 25.9 Å². The summed E-state index contributed by atoms with van der Waals surface area (Å²) in [7, 11) is 0. The van der Waals surface area contributed by atoms with Gasteiger partial charge < -0.3 is 5.32 Å². The van der Waals surface area contributed by atoms with Gasteiger partial charge in [0.1, 0.15) is 23.0 Å². The lowest BCUT2D eigenvalue weighted by atomic mass is 9.99. The number of hydrogen-bond acceptors (Lipinski definition) is 5. The van der Waals surface area contributed by atoms with Crippen molar-refractivity contribution >= 4 is 17.2 Å². The molecule has 1 aliphatic heterocycles. The van der Waals surface area contributed by atoms with Crippen molar-refractivity contribution in [1.82, 2.24) is 25.1 Å². The first kappa shape index (κ1) is 15.9. The van der Waals surface area contributed by atoms with E-state index in [0.29, 0.717) is 13.1 Å². The monoisotopic (exact) mass is 357 g/mol. The van der Waals surface area contributed by atoms with Crippen LogP contribution in [0.3, 0.4) is 0 Å². The molecule has 1 unspecified atom stereocenters. The lowest BCUT2D eigenvalue weighted by molar-refractivity contribution is -0.126. The van der Waals surface area contributed by atoms with Crippen molar-refractivity contribution in [2.75, 3.05) is 0 Å². The molecular weight excluding hydrogens is 341 g/mol. The first-order valence-corrected chi connectivity index (χ1v) is 8.92. The number of thiazole rings is 1. The lowest BCUT2D eigenvalue weighted by Crippen LogP contribution is -2.36. The number of aromatic nitrogens is 4. The summed E-state index contributed by atoms with van der Waals surface area (Å²) in [5.41, 5.74) is 1.65. The Bertz CT molecular complexity index is 889. The first-order valence-electron chi connectivity index (χ1n) is 8.04. The SMILES string of the molecule is O=C(NCc1nc(-c2ccc(F)cc2)cs1)C1CCc2ncnn2C1. The Balaban J connectivity index is 1.36. The molecule has 3 aromatic rings. The standard InChI is InChI=1S/C17H16FN5OS/c18-13-4-1-11(2-5-13)14-9-25-16(22-14)7-19-17(24)12-3-6-15-20-10-21-23(15)8-12/h1-2,4-5,9-10,12H,3,6-8H2,(H,19,24). The van der Waals surface area contributed by atoms with Crippen LogP contribution >= 0.6 is 11.3 Å². The molecular formula is C17H16FN5OS. The van der Waals surface area contributed by atoms with Crippen molar-refractivity contribution in [1.29, 1.82) is 0 Å². The molecule has 6 nitrogen and oxygen atoms in total. The summed E-state index contributed by atoms with van der Waals surface area (Å²) in [6.07, 6.45) is 3.08. The van der Waals surface area contributed by atoms with Crippen LogP contribution in [0.2, 0.25) is 0 Å². The number of rotatable bonds is 4. The van der Waals surface area contributed by atoms with Gasteiger partial charge in [0.2, 0.25) is 5.91 Å². The number of halogens is 1. The molecule has 25 heavy (non-hydrogen) atoms. The third-order valence-corrected chi connectivity index (χ3v) is 5.13. The van der Waals surface area contributed by atoms with Crippen molar-refractivity contribution < 1.29 is 9.18 Å². The number of nitrogens with zero attached hydrogens (tertiary/aromatic N) is 4. The van der Waals surface area contributed by atoms with E-state index in [-0.39, 0.29) is 17.6 Å². The molecule has 8 heteroatoms. The van der Waals surface area contributed by atoms with Gasteiger partial charge in [-0.1, -0.05) is 0 Å². The van der Waals surface area contributed by atoms with Crippen LogP contribution in [0.25, 0.3) is 11.3 Å². The third-order valence-electron chi connectivity index (χ3n) is 4.28. The average molecular weight is 357 g/mol. The Morgan fingerprint density at radius 3 is 3.04 bits per heavy atom. The number of carbonyl (C=O) groups is 1. The fourth-order valence-electron chi connectivity index (χ4n) is 2.90. The van der Waals surface area contributed by atoms with Crippen LogP contribution in [0.1, 0.15) is 17.3 Å². The van der Waals surface area contributed by atoms with Gasteiger partial charge in [0, 0.05) is 17.4 Å². The van der Waals surface area contributed by atoms with Crippen LogP contribution in [-0.4, -0.2) is 25.7 Å². The second-order valence-corrected chi connectivity index (χ2v) is 6.89. The van der Waals surface area contributed by atoms with Crippen molar-refractivity contribution in [2.24, 2.45) is 5.92 Å². The summed E-state index contributed by atoms with van der Waals surface area (Å²) in [5.74, 6) is 0.591. The number of aryl methyl sites for hydroxylation is 1. The van der Waals surface area contributed by atoms with Gasteiger partial charge >= 0.3 is 0 Å². The molecule has 1 N–H and O–H groups in total. The molecule has 2 aromatic heterocycles. The molecule has 0 radical (unpaired) electrons. The predicted molar refractivity (Wildman–Crippen MR) is 91.2 cm³/mol. The van der Waals surface area contributed by atoms with Gasteiger partial charge in [-0.25, -0.2) is 19.0 Å². The minimum Gasteiger partial charge on any atom is -0.349 e. The Labute approximate surface area is 147 Å². The summed E-state index contributed by atoms with van der Waals surface area (Å²) in [6.45, 7) is 0.964. The second kappa shape index (κ2) is 6.72. The van der Waals surface area contributed by atoms with Crippen LogP contribution in [0, 0.1) is 11.7 Å². The van der Waals surface area contributed by atoms with E-state index >= 15 is 0 Å². The van der Waals surface area contributed by atoms with Gasteiger partial charge in [0.15, 0.2) is 0 Å². The molecule has 3 heterocycles. The zero-order valence-electron chi connectivity index (χ0n) is 13.4. The number of nitrogens with one attached hydrogen (secondary N) is 1. The second-order valence-electron chi connectivity index (χ2n) is 5.95. The van der Waals surface area contributed by atoms with E-state index in [9.17, 15) is 9.18 Å². The van der Waals surface area contributed by atoms with Gasteiger partial charge in [-0.05, 0) is 30.7 Å². The molecule has 4 rings (SSSR count). The van der Waals surface area contributed by atoms with E-state index in [1.54, 1.807) is 16.8 Å². The highest BCUT2D eigenvalue weighted by atomic mass is 32.1. The normalized spacial score (nSPS) is 16.4. The van der Waals surface area contributed by atoms with Crippen molar-refractivity contribution in [3.63, 3.8) is 0 Å². The maximum Gasteiger partial charge on any atom is 0.225 e. The number of amides is 1. The van der Waals surface area contributed by atoms with Crippen LogP contribution in [0.4, 0.5) is 4.39 Å². The van der Waals surface area contributed by atoms with Crippen LogP contribution < -0.4 is 5.32 Å². The molecule has 0 spiro atoms. The predicted octanol–water partition coefficient (Wildman–Crippen LogP) is 2.42. The molecule has 1 aliphatic rings. The highest BCUT2D eigenvalue weighted by Crippen LogP contribution is 2.22. The van der Waals surface area contributed by atoms with Crippen LogP contribution in [0.15, 0.2) is 36.0 Å². The summed E-state index contributed by atoms with van der Waals surface area (Å²) < 4.78 is 14.8. The molecule has 0 saturated heterocycles. The van der Waals surface area contributed by atoms with Crippen LogP contribution in [-0.2, 0) is 24.3 Å². The first-order chi connectivity index (χ1) is 12.2. The topological polar surface area (TPSA) is 72.7 Å². The van der Waals surface area contributed by atoms with Gasteiger partial charge in [-0.2, -0.15) is 5.10 Å². The largest absolute Gasteiger partial charge is 0.349 e. The van der Waals surface area contributed by atoms with E-state index in [0.717, 1.165) is 34.9 Å². The average Bonchev–Trinajstić information content (AvgIpc) is 3.29. The molecule has 0 fully saturated rings. The highest BCUT2D eigenvalue weighted by Gasteiger charge is 2.25. The molecule has 0 saturated carbocycles.